The third kappa shape index (κ3) is 1.60. The minimum absolute atomic E-state index is 0.276. The van der Waals surface area contributed by atoms with Crippen LogP contribution in [-0.2, 0) is 7.05 Å². The molecule has 2 N–H and O–H groups in total. The molecule has 0 fully saturated rings. The van der Waals surface area contributed by atoms with E-state index in [1.807, 2.05) is 11.6 Å². The highest BCUT2D eigenvalue weighted by atomic mass is 19.1. The first-order valence-corrected chi connectivity index (χ1v) is 5.49. The number of pyridine rings is 1. The van der Waals surface area contributed by atoms with E-state index in [0.717, 1.165) is 11.0 Å². The topological polar surface area (TPSA) is 56.7 Å². The molecule has 0 spiro atoms. The molecule has 2 heterocycles. The first-order valence-electron chi connectivity index (χ1n) is 5.49. The second kappa shape index (κ2) is 3.80. The van der Waals surface area contributed by atoms with Gasteiger partial charge in [-0.2, -0.15) is 0 Å². The van der Waals surface area contributed by atoms with Crippen LogP contribution in [0.25, 0.3) is 22.6 Å². The first kappa shape index (κ1) is 10.7. The highest BCUT2D eigenvalue weighted by Gasteiger charge is 2.11. The van der Waals surface area contributed by atoms with E-state index in [1.54, 1.807) is 24.4 Å². The number of aromatic nitrogens is 3. The molecular weight excluding hydrogens is 231 g/mol. The molecule has 2 aromatic heterocycles. The summed E-state index contributed by atoms with van der Waals surface area (Å²) in [5.74, 6) is 0.415. The van der Waals surface area contributed by atoms with Crippen molar-refractivity contribution in [3.63, 3.8) is 0 Å². The number of imidazole rings is 1. The quantitative estimate of drug-likeness (QED) is 0.712. The molecule has 0 atom stereocenters. The summed E-state index contributed by atoms with van der Waals surface area (Å²) in [6.45, 7) is 0. The van der Waals surface area contributed by atoms with Crippen LogP contribution in [0.1, 0.15) is 0 Å². The van der Waals surface area contributed by atoms with Gasteiger partial charge in [0.1, 0.15) is 11.5 Å². The lowest BCUT2D eigenvalue weighted by Crippen LogP contribution is -1.95. The number of aryl methyl sites for hydroxylation is 1. The third-order valence-corrected chi connectivity index (χ3v) is 2.86. The molecule has 0 saturated heterocycles. The van der Waals surface area contributed by atoms with Gasteiger partial charge in [0.05, 0.1) is 22.9 Å². The van der Waals surface area contributed by atoms with Gasteiger partial charge in [-0.3, -0.25) is 4.98 Å². The summed E-state index contributed by atoms with van der Waals surface area (Å²) in [4.78, 5) is 8.67. The van der Waals surface area contributed by atoms with Gasteiger partial charge in [-0.15, -0.1) is 0 Å². The van der Waals surface area contributed by atoms with E-state index in [2.05, 4.69) is 9.97 Å². The van der Waals surface area contributed by atoms with Crippen LogP contribution in [0.4, 0.5) is 10.1 Å². The Labute approximate surface area is 103 Å². The van der Waals surface area contributed by atoms with Gasteiger partial charge in [-0.05, 0) is 30.3 Å². The van der Waals surface area contributed by atoms with E-state index in [1.165, 1.54) is 12.1 Å². The molecule has 3 rings (SSSR count). The van der Waals surface area contributed by atoms with E-state index in [-0.39, 0.29) is 5.82 Å². The second-order valence-electron chi connectivity index (χ2n) is 4.10. The van der Waals surface area contributed by atoms with E-state index >= 15 is 0 Å². The second-order valence-corrected chi connectivity index (χ2v) is 4.10. The molecule has 0 saturated carbocycles. The molecule has 3 aromatic rings. The Bertz CT molecular complexity index is 716. The Morgan fingerprint density at radius 1 is 1.22 bits per heavy atom. The van der Waals surface area contributed by atoms with E-state index in [9.17, 15) is 4.39 Å². The number of fused-ring (bicyclic) bond motifs is 1. The number of nitrogens with zero attached hydrogens (tertiary/aromatic N) is 3. The van der Waals surface area contributed by atoms with Crippen LogP contribution in [0.5, 0.6) is 0 Å². The van der Waals surface area contributed by atoms with Gasteiger partial charge < -0.3 is 10.3 Å². The monoisotopic (exact) mass is 242 g/mol. The van der Waals surface area contributed by atoms with Gasteiger partial charge in [0.2, 0.25) is 0 Å². The van der Waals surface area contributed by atoms with Crippen LogP contribution < -0.4 is 5.73 Å². The lowest BCUT2D eigenvalue weighted by atomic mass is 10.3. The lowest BCUT2D eigenvalue weighted by molar-refractivity contribution is 0.629. The molecule has 0 aliphatic carbocycles. The summed E-state index contributed by atoms with van der Waals surface area (Å²) in [7, 11) is 1.84. The summed E-state index contributed by atoms with van der Waals surface area (Å²) >= 11 is 0. The summed E-state index contributed by atoms with van der Waals surface area (Å²) in [5, 5.41) is 0. The van der Waals surface area contributed by atoms with E-state index < -0.39 is 0 Å². The van der Waals surface area contributed by atoms with Crippen LogP contribution >= 0.6 is 0 Å². The molecule has 1 aromatic carbocycles. The van der Waals surface area contributed by atoms with Gasteiger partial charge in [0.15, 0.2) is 5.82 Å². The van der Waals surface area contributed by atoms with Crippen LogP contribution in [0, 0.1) is 5.82 Å². The number of benzene rings is 1. The third-order valence-electron chi connectivity index (χ3n) is 2.86. The summed E-state index contributed by atoms with van der Waals surface area (Å²) < 4.78 is 15.0. The number of hydrogen-bond donors (Lipinski definition) is 1. The van der Waals surface area contributed by atoms with Gasteiger partial charge in [0, 0.05) is 7.05 Å². The van der Waals surface area contributed by atoms with Crippen LogP contribution in [0.3, 0.4) is 0 Å². The van der Waals surface area contributed by atoms with Crippen molar-refractivity contribution in [1.82, 2.24) is 14.5 Å². The molecule has 5 heteroatoms. The standard InChI is InChI=1S/C13H11FN4/c1-18-12-6-8(14)2-4-10(12)17-13(18)11-5-3-9(15)7-16-11/h2-7H,15H2,1H3. The van der Waals surface area contributed by atoms with Crippen molar-refractivity contribution in [1.29, 1.82) is 0 Å². The largest absolute Gasteiger partial charge is 0.397 e. The Kier molecular flexibility index (Phi) is 2.26. The van der Waals surface area contributed by atoms with Crippen LogP contribution in [-0.4, -0.2) is 14.5 Å². The van der Waals surface area contributed by atoms with Crippen LogP contribution in [0.2, 0.25) is 0 Å². The average molecular weight is 242 g/mol. The summed E-state index contributed by atoms with van der Waals surface area (Å²) in [6, 6.07) is 8.08. The molecule has 0 unspecified atom stereocenters. The number of hydrogen-bond acceptors (Lipinski definition) is 3. The van der Waals surface area contributed by atoms with E-state index in [4.69, 9.17) is 5.73 Å². The predicted molar refractivity (Wildman–Crippen MR) is 68.3 cm³/mol. The first-order chi connectivity index (χ1) is 8.65. The molecule has 4 nitrogen and oxygen atoms in total. The molecular formula is C13H11FN4. The van der Waals surface area contributed by atoms with Crippen LogP contribution in [0.15, 0.2) is 36.5 Å². The SMILES string of the molecule is Cn1c(-c2ccc(N)cn2)nc2ccc(F)cc21. The number of nitrogen functional groups attached to an aromatic ring is 1. The van der Waals surface area contributed by atoms with Crippen molar-refractivity contribution in [2.75, 3.05) is 5.73 Å². The molecule has 0 aliphatic rings. The molecule has 0 radical (unpaired) electrons. The van der Waals surface area contributed by atoms with Crippen molar-refractivity contribution in [3.05, 3.63) is 42.3 Å². The maximum absolute atomic E-state index is 13.2. The zero-order chi connectivity index (χ0) is 12.7. The maximum atomic E-state index is 13.2. The number of rotatable bonds is 1. The predicted octanol–water partition coefficient (Wildman–Crippen LogP) is 2.36. The van der Waals surface area contributed by atoms with Gasteiger partial charge in [-0.1, -0.05) is 0 Å². The number of halogens is 1. The van der Waals surface area contributed by atoms with Gasteiger partial charge in [-0.25, -0.2) is 9.37 Å². The highest BCUT2D eigenvalue weighted by molar-refractivity contribution is 5.80. The summed E-state index contributed by atoms with van der Waals surface area (Å²) in [6.07, 6.45) is 1.58. The smallest absolute Gasteiger partial charge is 0.159 e. The Morgan fingerprint density at radius 3 is 2.78 bits per heavy atom. The van der Waals surface area contributed by atoms with E-state index in [0.29, 0.717) is 17.2 Å². The van der Waals surface area contributed by atoms with Gasteiger partial charge >= 0.3 is 0 Å². The fourth-order valence-corrected chi connectivity index (χ4v) is 1.93. The Hall–Kier alpha value is -2.43. The fraction of sp³-hybridized carbons (Fsp3) is 0.0769. The fourth-order valence-electron chi connectivity index (χ4n) is 1.93. The highest BCUT2D eigenvalue weighted by Crippen LogP contribution is 2.23. The van der Waals surface area contributed by atoms with Gasteiger partial charge in [0.25, 0.3) is 0 Å². The van der Waals surface area contributed by atoms with Crippen molar-refractivity contribution in [3.8, 4) is 11.5 Å². The van der Waals surface area contributed by atoms with Crippen molar-refractivity contribution in [2.24, 2.45) is 7.05 Å². The zero-order valence-electron chi connectivity index (χ0n) is 9.76. The normalized spacial score (nSPS) is 11.0. The van der Waals surface area contributed by atoms with Crippen molar-refractivity contribution < 1.29 is 4.39 Å². The Morgan fingerprint density at radius 2 is 2.06 bits per heavy atom. The molecule has 18 heavy (non-hydrogen) atoms. The van der Waals surface area contributed by atoms with Crippen molar-refractivity contribution in [2.45, 2.75) is 0 Å². The minimum Gasteiger partial charge on any atom is -0.397 e. The minimum atomic E-state index is -0.276. The molecule has 0 bridgehead atoms. The Balaban J connectivity index is 2.23. The molecule has 0 amide bonds. The summed E-state index contributed by atoms with van der Waals surface area (Å²) in [5.41, 5.74) is 8.39. The molecule has 90 valence electrons. The molecule has 0 aliphatic heterocycles. The van der Waals surface area contributed by atoms with Crippen molar-refractivity contribution >= 4 is 16.7 Å². The number of anilines is 1. The lowest BCUT2D eigenvalue weighted by Gasteiger charge is -2.01. The number of nitrogens with two attached hydrogens (primary N) is 1. The maximum Gasteiger partial charge on any atom is 0.159 e. The average Bonchev–Trinajstić information content (AvgIpc) is 2.68. The zero-order valence-corrected chi connectivity index (χ0v) is 9.76.